The van der Waals surface area contributed by atoms with Crippen molar-refractivity contribution in [3.8, 4) is 5.75 Å². The minimum absolute atomic E-state index is 0.309. The van der Waals surface area contributed by atoms with Crippen molar-refractivity contribution in [3.05, 3.63) is 27.7 Å². The Balaban J connectivity index is 2.60. The molecule has 2 nitrogen and oxygen atoms in total. The number of phenols is 1. The first-order chi connectivity index (χ1) is 7.15. The summed E-state index contributed by atoms with van der Waals surface area (Å²) in [6.45, 7) is 2.73. The highest BCUT2D eigenvalue weighted by Crippen LogP contribution is 2.26. The maximum Gasteiger partial charge on any atom is 0.123 e. The van der Waals surface area contributed by atoms with Gasteiger partial charge in [-0.2, -0.15) is 0 Å². The minimum atomic E-state index is -0.309. The zero-order valence-corrected chi connectivity index (χ0v) is 10.3. The van der Waals surface area contributed by atoms with Crippen LogP contribution >= 0.6 is 15.9 Å². The molecule has 2 N–H and O–H groups in total. The number of rotatable bonds is 5. The number of aryl methyl sites for hydroxylation is 1. The van der Waals surface area contributed by atoms with E-state index in [4.69, 9.17) is 0 Å². The number of aromatic hydroxyl groups is 1. The molecule has 0 aliphatic rings. The molecule has 0 unspecified atom stereocenters. The van der Waals surface area contributed by atoms with E-state index < -0.39 is 0 Å². The Morgan fingerprint density at radius 3 is 2.87 bits per heavy atom. The second kappa shape index (κ2) is 6.08. The van der Waals surface area contributed by atoms with Gasteiger partial charge in [-0.25, -0.2) is 0 Å². The quantitative estimate of drug-likeness (QED) is 0.810. The predicted octanol–water partition coefficient (Wildman–Crippen LogP) is 2.91. The fraction of sp³-hybridized carbons (Fsp3) is 0.455. The third-order valence-corrected chi connectivity index (χ3v) is 2.60. The monoisotopic (exact) mass is 275 g/mol. The number of hydrogen-bond acceptors (Lipinski definition) is 2. The summed E-state index contributed by atoms with van der Waals surface area (Å²) in [5, 5.41) is 12.8. The van der Waals surface area contributed by atoms with Gasteiger partial charge in [0, 0.05) is 16.6 Å². The lowest BCUT2D eigenvalue weighted by atomic mass is 10.1. The van der Waals surface area contributed by atoms with E-state index >= 15 is 0 Å². The van der Waals surface area contributed by atoms with E-state index in [1.165, 1.54) is 0 Å². The van der Waals surface area contributed by atoms with Crippen LogP contribution in [-0.2, 0) is 6.54 Å². The van der Waals surface area contributed by atoms with Gasteiger partial charge in [0.1, 0.15) is 5.75 Å². The lowest BCUT2D eigenvalue weighted by Crippen LogP contribution is -2.15. The molecule has 0 bridgehead atoms. The predicted molar refractivity (Wildman–Crippen MR) is 62.8 cm³/mol. The van der Waals surface area contributed by atoms with Crippen LogP contribution in [0.2, 0.25) is 0 Å². The normalized spacial score (nSPS) is 10.6. The summed E-state index contributed by atoms with van der Waals surface area (Å²) >= 11 is 3.37. The molecule has 0 amide bonds. The van der Waals surface area contributed by atoms with Gasteiger partial charge in [-0.15, -0.1) is 0 Å². The summed E-state index contributed by atoms with van der Waals surface area (Å²) in [6.07, 6.45) is 0.508. The van der Waals surface area contributed by atoms with Gasteiger partial charge in [-0.05, 0) is 37.6 Å². The van der Waals surface area contributed by atoms with E-state index in [1.54, 1.807) is 0 Å². The van der Waals surface area contributed by atoms with Crippen LogP contribution in [0.25, 0.3) is 0 Å². The largest absolute Gasteiger partial charge is 0.507 e. The molecule has 0 saturated carbocycles. The maximum absolute atomic E-state index is 11.8. The number of nitrogens with one attached hydrogen (secondary N) is 1. The minimum Gasteiger partial charge on any atom is -0.507 e. The zero-order valence-electron chi connectivity index (χ0n) is 8.69. The summed E-state index contributed by atoms with van der Waals surface area (Å²) in [7, 11) is 0. The van der Waals surface area contributed by atoms with Crippen molar-refractivity contribution in [1.82, 2.24) is 5.32 Å². The fourth-order valence-corrected chi connectivity index (χ4v) is 1.97. The third kappa shape index (κ3) is 3.80. The Morgan fingerprint density at radius 2 is 2.20 bits per heavy atom. The smallest absolute Gasteiger partial charge is 0.123 e. The summed E-state index contributed by atoms with van der Waals surface area (Å²) < 4.78 is 12.8. The number of alkyl halides is 1. The van der Waals surface area contributed by atoms with Crippen molar-refractivity contribution in [2.75, 3.05) is 13.2 Å². The molecular formula is C11H15BrFNO. The Bertz CT molecular complexity index is 331. The number of hydrogen-bond donors (Lipinski definition) is 2. The molecule has 0 aliphatic heterocycles. The molecule has 0 saturated heterocycles. The highest BCUT2D eigenvalue weighted by molar-refractivity contribution is 9.10. The van der Waals surface area contributed by atoms with Crippen LogP contribution in [0.1, 0.15) is 17.5 Å². The number of halogens is 2. The Kier molecular flexibility index (Phi) is 5.05. The van der Waals surface area contributed by atoms with E-state index in [1.807, 2.05) is 19.1 Å². The maximum atomic E-state index is 11.8. The van der Waals surface area contributed by atoms with Gasteiger partial charge in [0.15, 0.2) is 0 Å². The Labute approximate surface area is 97.6 Å². The van der Waals surface area contributed by atoms with Crippen LogP contribution in [-0.4, -0.2) is 18.3 Å². The van der Waals surface area contributed by atoms with Gasteiger partial charge in [0.25, 0.3) is 0 Å². The Morgan fingerprint density at radius 1 is 1.47 bits per heavy atom. The SMILES string of the molecule is Cc1cc(Br)cc(CNCCCF)c1O. The molecule has 0 fully saturated rings. The number of phenolic OH excluding ortho intramolecular Hbond substituents is 1. The van der Waals surface area contributed by atoms with Crippen LogP contribution in [0.5, 0.6) is 5.75 Å². The van der Waals surface area contributed by atoms with Crippen LogP contribution in [0, 0.1) is 6.92 Å². The van der Waals surface area contributed by atoms with E-state index in [0.29, 0.717) is 25.3 Å². The Hall–Kier alpha value is -0.610. The van der Waals surface area contributed by atoms with Gasteiger partial charge in [0.05, 0.1) is 6.67 Å². The molecule has 0 heterocycles. The zero-order chi connectivity index (χ0) is 11.3. The second-order valence-corrected chi connectivity index (χ2v) is 4.37. The molecule has 0 spiro atoms. The molecule has 0 aromatic heterocycles. The molecule has 1 aromatic carbocycles. The topological polar surface area (TPSA) is 32.3 Å². The van der Waals surface area contributed by atoms with Gasteiger partial charge in [-0.3, -0.25) is 4.39 Å². The highest BCUT2D eigenvalue weighted by atomic mass is 79.9. The fourth-order valence-electron chi connectivity index (χ4n) is 1.35. The molecule has 15 heavy (non-hydrogen) atoms. The van der Waals surface area contributed by atoms with Gasteiger partial charge in [-0.1, -0.05) is 15.9 Å². The standard InChI is InChI=1S/C11H15BrFNO/c1-8-5-10(12)6-9(11(8)15)7-14-4-2-3-13/h5-6,14-15H,2-4,7H2,1H3. The molecule has 84 valence electrons. The molecule has 0 aliphatic carbocycles. The summed E-state index contributed by atoms with van der Waals surface area (Å²) in [5.74, 6) is 0.311. The molecular weight excluding hydrogens is 261 g/mol. The van der Waals surface area contributed by atoms with E-state index in [-0.39, 0.29) is 6.67 Å². The molecule has 1 rings (SSSR count). The van der Waals surface area contributed by atoms with Crippen molar-refractivity contribution in [1.29, 1.82) is 0 Å². The average Bonchev–Trinajstić information content (AvgIpc) is 2.19. The summed E-state index contributed by atoms with van der Waals surface area (Å²) in [5.41, 5.74) is 1.67. The lowest BCUT2D eigenvalue weighted by Gasteiger charge is -2.09. The van der Waals surface area contributed by atoms with Crippen LogP contribution in [0.15, 0.2) is 16.6 Å². The van der Waals surface area contributed by atoms with Crippen molar-refractivity contribution in [3.63, 3.8) is 0 Å². The van der Waals surface area contributed by atoms with E-state index in [9.17, 15) is 9.50 Å². The van der Waals surface area contributed by atoms with Crippen LogP contribution in [0.3, 0.4) is 0 Å². The van der Waals surface area contributed by atoms with Crippen molar-refractivity contribution >= 4 is 15.9 Å². The van der Waals surface area contributed by atoms with E-state index in [0.717, 1.165) is 15.6 Å². The van der Waals surface area contributed by atoms with Crippen molar-refractivity contribution < 1.29 is 9.50 Å². The van der Waals surface area contributed by atoms with Gasteiger partial charge < -0.3 is 10.4 Å². The first-order valence-corrected chi connectivity index (χ1v) is 5.69. The molecule has 4 heteroatoms. The molecule has 0 atom stereocenters. The second-order valence-electron chi connectivity index (χ2n) is 3.45. The highest BCUT2D eigenvalue weighted by Gasteiger charge is 2.05. The van der Waals surface area contributed by atoms with Crippen molar-refractivity contribution in [2.24, 2.45) is 0 Å². The van der Waals surface area contributed by atoms with Crippen LogP contribution < -0.4 is 5.32 Å². The molecule has 1 aromatic rings. The summed E-state index contributed by atoms with van der Waals surface area (Å²) in [4.78, 5) is 0. The number of benzene rings is 1. The van der Waals surface area contributed by atoms with Crippen LogP contribution in [0.4, 0.5) is 4.39 Å². The average molecular weight is 276 g/mol. The van der Waals surface area contributed by atoms with E-state index in [2.05, 4.69) is 21.2 Å². The molecule has 0 radical (unpaired) electrons. The van der Waals surface area contributed by atoms with Gasteiger partial charge in [0.2, 0.25) is 0 Å². The van der Waals surface area contributed by atoms with Gasteiger partial charge >= 0.3 is 0 Å². The third-order valence-electron chi connectivity index (χ3n) is 2.15. The lowest BCUT2D eigenvalue weighted by molar-refractivity contribution is 0.448. The first kappa shape index (κ1) is 12.5. The van der Waals surface area contributed by atoms with Crippen molar-refractivity contribution in [2.45, 2.75) is 19.9 Å². The summed E-state index contributed by atoms with van der Waals surface area (Å²) in [6, 6.07) is 3.73. The first-order valence-electron chi connectivity index (χ1n) is 4.90.